The molecule has 2 atom stereocenters. The first-order valence-corrected chi connectivity index (χ1v) is 7.36. The Morgan fingerprint density at radius 1 is 1.35 bits per heavy atom. The van der Waals surface area contributed by atoms with Gasteiger partial charge in [0.05, 0.1) is 0 Å². The van der Waals surface area contributed by atoms with Gasteiger partial charge in [-0.1, -0.05) is 28.9 Å². The first kappa shape index (κ1) is 13.1. The molecular formula is C15H22BrN. The average Bonchev–Trinajstić information content (AvgIpc) is 2.26. The lowest BCUT2D eigenvalue weighted by Crippen LogP contribution is -2.36. The van der Waals surface area contributed by atoms with E-state index in [0.717, 1.165) is 5.92 Å². The molecule has 1 aromatic carbocycles. The van der Waals surface area contributed by atoms with Crippen molar-refractivity contribution < 1.29 is 0 Å². The van der Waals surface area contributed by atoms with E-state index in [1.54, 1.807) is 0 Å². The number of hydrogen-bond donors (Lipinski definition) is 0. The third-order valence-electron chi connectivity index (χ3n) is 3.78. The Morgan fingerprint density at radius 3 is 2.76 bits per heavy atom. The van der Waals surface area contributed by atoms with Crippen LogP contribution in [-0.4, -0.2) is 18.0 Å². The molecule has 1 aliphatic rings. The Kier molecular flexibility index (Phi) is 4.26. The average molecular weight is 296 g/mol. The lowest BCUT2D eigenvalue weighted by Gasteiger charge is -2.36. The molecule has 0 amide bonds. The Bertz CT molecular complexity index is 368. The number of aryl methyl sites for hydroxylation is 1. The van der Waals surface area contributed by atoms with Crippen LogP contribution in [0.3, 0.4) is 0 Å². The summed E-state index contributed by atoms with van der Waals surface area (Å²) < 4.78 is 1.20. The Labute approximate surface area is 113 Å². The van der Waals surface area contributed by atoms with Crippen molar-refractivity contribution in [1.82, 2.24) is 4.90 Å². The normalized spacial score (nSPS) is 23.6. The summed E-state index contributed by atoms with van der Waals surface area (Å²) in [5, 5.41) is 0. The zero-order valence-electron chi connectivity index (χ0n) is 11.0. The van der Waals surface area contributed by atoms with Crippen LogP contribution in [0, 0.1) is 12.8 Å². The summed E-state index contributed by atoms with van der Waals surface area (Å²) in [7, 11) is 0. The SMILES string of the molecule is Cc1cc(Br)cc(C(C)N2CCCC(C)C2)c1. The fourth-order valence-corrected chi connectivity index (χ4v) is 3.42. The second kappa shape index (κ2) is 5.53. The van der Waals surface area contributed by atoms with Crippen molar-refractivity contribution >= 4 is 15.9 Å². The van der Waals surface area contributed by atoms with E-state index in [4.69, 9.17) is 0 Å². The fourth-order valence-electron chi connectivity index (χ4n) is 2.79. The Balaban J connectivity index is 2.15. The molecule has 0 saturated carbocycles. The highest BCUT2D eigenvalue weighted by Gasteiger charge is 2.22. The Morgan fingerprint density at radius 2 is 2.12 bits per heavy atom. The topological polar surface area (TPSA) is 3.24 Å². The lowest BCUT2D eigenvalue weighted by molar-refractivity contribution is 0.139. The molecule has 17 heavy (non-hydrogen) atoms. The number of nitrogens with zero attached hydrogens (tertiary/aromatic N) is 1. The third-order valence-corrected chi connectivity index (χ3v) is 4.24. The summed E-state index contributed by atoms with van der Waals surface area (Å²) in [6.07, 6.45) is 2.74. The van der Waals surface area contributed by atoms with Gasteiger partial charge in [-0.05, 0) is 62.4 Å². The number of benzene rings is 1. The fraction of sp³-hybridized carbons (Fsp3) is 0.600. The van der Waals surface area contributed by atoms with Gasteiger partial charge in [-0.25, -0.2) is 0 Å². The predicted molar refractivity (Wildman–Crippen MR) is 77.3 cm³/mol. The standard InChI is InChI=1S/C15H22BrN/c1-11-5-4-6-17(10-11)13(3)14-7-12(2)8-15(16)9-14/h7-9,11,13H,4-6,10H2,1-3H3. The number of piperidine rings is 1. The lowest BCUT2D eigenvalue weighted by atomic mass is 9.96. The summed E-state index contributed by atoms with van der Waals surface area (Å²) in [6, 6.07) is 7.29. The molecule has 1 saturated heterocycles. The molecule has 1 heterocycles. The van der Waals surface area contributed by atoms with Gasteiger partial charge in [0.2, 0.25) is 0 Å². The van der Waals surface area contributed by atoms with E-state index in [-0.39, 0.29) is 0 Å². The van der Waals surface area contributed by atoms with E-state index in [1.807, 2.05) is 0 Å². The molecular weight excluding hydrogens is 274 g/mol. The maximum absolute atomic E-state index is 3.60. The van der Waals surface area contributed by atoms with E-state index in [0.29, 0.717) is 6.04 Å². The van der Waals surface area contributed by atoms with E-state index in [1.165, 1.54) is 41.5 Å². The third kappa shape index (κ3) is 3.32. The van der Waals surface area contributed by atoms with Crippen LogP contribution in [0.1, 0.15) is 43.9 Å². The molecule has 2 heteroatoms. The minimum Gasteiger partial charge on any atom is -0.296 e. The number of likely N-dealkylation sites (tertiary alicyclic amines) is 1. The summed E-state index contributed by atoms with van der Waals surface area (Å²) in [5.74, 6) is 0.847. The highest BCUT2D eigenvalue weighted by atomic mass is 79.9. The van der Waals surface area contributed by atoms with E-state index in [2.05, 4.69) is 59.8 Å². The van der Waals surface area contributed by atoms with E-state index in [9.17, 15) is 0 Å². The second-order valence-electron chi connectivity index (χ2n) is 5.48. The minimum atomic E-state index is 0.536. The molecule has 2 rings (SSSR count). The molecule has 94 valence electrons. The van der Waals surface area contributed by atoms with Gasteiger partial charge in [-0.3, -0.25) is 4.90 Å². The van der Waals surface area contributed by atoms with Crippen LogP contribution >= 0.6 is 15.9 Å². The van der Waals surface area contributed by atoms with Crippen molar-refractivity contribution in [1.29, 1.82) is 0 Å². The summed E-state index contributed by atoms with van der Waals surface area (Å²) in [5.41, 5.74) is 2.78. The molecule has 0 spiro atoms. The first-order chi connectivity index (χ1) is 8.06. The quantitative estimate of drug-likeness (QED) is 0.774. The van der Waals surface area contributed by atoms with Gasteiger partial charge in [0.1, 0.15) is 0 Å². The van der Waals surface area contributed by atoms with E-state index < -0.39 is 0 Å². The largest absolute Gasteiger partial charge is 0.296 e. The maximum atomic E-state index is 3.60. The van der Waals surface area contributed by atoms with Gasteiger partial charge in [0.25, 0.3) is 0 Å². The highest BCUT2D eigenvalue weighted by Crippen LogP contribution is 2.28. The zero-order valence-corrected chi connectivity index (χ0v) is 12.6. The summed E-state index contributed by atoms with van der Waals surface area (Å²) >= 11 is 3.60. The van der Waals surface area contributed by atoms with Crippen molar-refractivity contribution in [2.75, 3.05) is 13.1 Å². The maximum Gasteiger partial charge on any atom is 0.0320 e. The molecule has 0 aromatic heterocycles. The van der Waals surface area contributed by atoms with Crippen molar-refractivity contribution in [3.63, 3.8) is 0 Å². The smallest absolute Gasteiger partial charge is 0.0320 e. The van der Waals surface area contributed by atoms with Crippen molar-refractivity contribution in [3.05, 3.63) is 33.8 Å². The van der Waals surface area contributed by atoms with Crippen molar-refractivity contribution in [3.8, 4) is 0 Å². The van der Waals surface area contributed by atoms with Gasteiger partial charge in [-0.15, -0.1) is 0 Å². The zero-order chi connectivity index (χ0) is 12.4. The summed E-state index contributed by atoms with van der Waals surface area (Å²) in [4.78, 5) is 2.62. The van der Waals surface area contributed by atoms with Crippen LogP contribution in [0.2, 0.25) is 0 Å². The van der Waals surface area contributed by atoms with Crippen LogP contribution in [0.4, 0.5) is 0 Å². The highest BCUT2D eigenvalue weighted by molar-refractivity contribution is 9.10. The van der Waals surface area contributed by atoms with Gasteiger partial charge in [-0.2, -0.15) is 0 Å². The van der Waals surface area contributed by atoms with Crippen molar-refractivity contribution in [2.45, 2.75) is 39.7 Å². The van der Waals surface area contributed by atoms with Gasteiger partial charge < -0.3 is 0 Å². The predicted octanol–water partition coefficient (Wildman–Crippen LogP) is 4.55. The molecule has 2 unspecified atom stereocenters. The molecule has 0 N–H and O–H groups in total. The van der Waals surface area contributed by atoms with Gasteiger partial charge in [0.15, 0.2) is 0 Å². The van der Waals surface area contributed by atoms with Gasteiger partial charge >= 0.3 is 0 Å². The van der Waals surface area contributed by atoms with Crippen LogP contribution in [0.15, 0.2) is 22.7 Å². The molecule has 0 radical (unpaired) electrons. The number of halogens is 1. The minimum absolute atomic E-state index is 0.536. The number of hydrogen-bond acceptors (Lipinski definition) is 1. The first-order valence-electron chi connectivity index (χ1n) is 6.57. The number of rotatable bonds is 2. The van der Waals surface area contributed by atoms with Crippen LogP contribution < -0.4 is 0 Å². The van der Waals surface area contributed by atoms with Crippen LogP contribution in [-0.2, 0) is 0 Å². The van der Waals surface area contributed by atoms with Crippen LogP contribution in [0.5, 0.6) is 0 Å². The van der Waals surface area contributed by atoms with Gasteiger partial charge in [0, 0.05) is 17.1 Å². The van der Waals surface area contributed by atoms with Crippen molar-refractivity contribution in [2.24, 2.45) is 5.92 Å². The molecule has 1 aromatic rings. The molecule has 0 bridgehead atoms. The molecule has 1 fully saturated rings. The molecule has 1 nitrogen and oxygen atoms in total. The molecule has 1 aliphatic heterocycles. The Hall–Kier alpha value is -0.340. The second-order valence-corrected chi connectivity index (χ2v) is 6.40. The summed E-state index contributed by atoms with van der Waals surface area (Å²) in [6.45, 7) is 9.36. The molecule has 0 aliphatic carbocycles. The van der Waals surface area contributed by atoms with Crippen LogP contribution in [0.25, 0.3) is 0 Å². The monoisotopic (exact) mass is 295 g/mol. The van der Waals surface area contributed by atoms with E-state index >= 15 is 0 Å².